The van der Waals surface area contributed by atoms with Gasteiger partial charge in [0.05, 0.1) is 20.4 Å². The van der Waals surface area contributed by atoms with Crippen molar-refractivity contribution in [2.75, 3.05) is 54.3 Å². The van der Waals surface area contributed by atoms with E-state index in [1.165, 1.54) is 102 Å². The lowest BCUT2D eigenvalue weighted by Gasteiger charge is -2.32. The Labute approximate surface area is 454 Å². The molecule has 11 rings (SSSR count). The fourth-order valence-corrected chi connectivity index (χ4v) is 12.8. The van der Waals surface area contributed by atoms with E-state index in [0.29, 0.717) is 28.8 Å². The van der Waals surface area contributed by atoms with Crippen molar-refractivity contribution >= 4 is 101 Å². The first-order valence-corrected chi connectivity index (χ1v) is 29.1. The Bertz CT molecular complexity index is 3180. The van der Waals surface area contributed by atoms with Crippen LogP contribution in [0.4, 0.5) is 17.1 Å². The van der Waals surface area contributed by atoms with E-state index in [9.17, 15) is 10.1 Å². The smallest absolute Gasteiger partial charge is 0.270 e. The molecule has 0 radical (unpaired) electrons. The van der Waals surface area contributed by atoms with Crippen molar-refractivity contribution < 1.29 is 4.92 Å². The molecular formula is C59H75N11O2S3. The first-order valence-electron chi connectivity index (χ1n) is 26.1. The molecule has 3 aliphatic rings. The predicted octanol–water partition coefficient (Wildman–Crippen LogP) is 14.2. The average Bonchev–Trinajstić information content (AvgIpc) is 4.30. The molecular weight excluding hydrogens is 991 g/mol. The fourth-order valence-electron chi connectivity index (χ4n) is 11.0. The number of allylic oxidation sites excluding steroid dienone is 1. The maximum atomic E-state index is 10.9. The molecule has 0 aliphatic heterocycles. The topological polar surface area (TPSA) is 188 Å². The van der Waals surface area contributed by atoms with Gasteiger partial charge in [0.1, 0.15) is 10.9 Å². The molecule has 396 valence electrons. The molecule has 16 heteroatoms. The maximum absolute atomic E-state index is 10.9. The van der Waals surface area contributed by atoms with Gasteiger partial charge in [0.15, 0.2) is 0 Å². The maximum Gasteiger partial charge on any atom is 0.270 e. The highest BCUT2D eigenvalue weighted by molar-refractivity contribution is 8.14. The summed E-state index contributed by atoms with van der Waals surface area (Å²) >= 11 is 4.70. The molecule has 0 spiro atoms. The number of fused-ring (bicyclic) bond motifs is 3. The van der Waals surface area contributed by atoms with Crippen LogP contribution in [0.2, 0.25) is 0 Å². The van der Waals surface area contributed by atoms with Crippen LogP contribution in [0.3, 0.4) is 0 Å². The minimum absolute atomic E-state index is 0.144. The van der Waals surface area contributed by atoms with Gasteiger partial charge in [-0.15, -0.1) is 34.4 Å². The molecule has 0 amide bonds. The third kappa shape index (κ3) is 13.9. The summed E-state index contributed by atoms with van der Waals surface area (Å²) < 4.78 is 0. The quantitative estimate of drug-likeness (QED) is 0.0256. The Morgan fingerprint density at radius 3 is 1.73 bits per heavy atom. The lowest BCUT2D eigenvalue weighted by molar-refractivity contribution is -0.384. The van der Waals surface area contributed by atoms with E-state index in [1.54, 1.807) is 40.9 Å². The summed E-state index contributed by atoms with van der Waals surface area (Å²) in [7, 11) is 13.0. The van der Waals surface area contributed by atoms with E-state index in [-0.39, 0.29) is 10.6 Å². The van der Waals surface area contributed by atoms with Gasteiger partial charge < -0.3 is 41.1 Å². The summed E-state index contributed by atoms with van der Waals surface area (Å²) in [5.41, 5.74) is 22.6. The Kier molecular flexibility index (Phi) is 18.9. The molecule has 5 heterocycles. The molecule has 0 saturated heterocycles. The van der Waals surface area contributed by atoms with Crippen LogP contribution in [0.1, 0.15) is 109 Å². The number of thioether (sulfide) groups is 1. The molecule has 75 heavy (non-hydrogen) atoms. The van der Waals surface area contributed by atoms with Crippen LogP contribution in [-0.2, 0) is 0 Å². The second-order valence-corrected chi connectivity index (χ2v) is 23.5. The highest BCUT2D eigenvalue weighted by Crippen LogP contribution is 2.40. The number of nitrogens with two attached hydrogens (primary N) is 2. The first kappa shape index (κ1) is 55.2. The van der Waals surface area contributed by atoms with E-state index < -0.39 is 0 Å². The monoisotopic (exact) mass is 1070 g/mol. The molecule has 0 bridgehead atoms. The molecule has 5 aromatic heterocycles. The van der Waals surface area contributed by atoms with Crippen molar-refractivity contribution in [2.45, 2.75) is 101 Å². The van der Waals surface area contributed by atoms with Gasteiger partial charge in [-0.05, 0) is 213 Å². The number of non-ortho nitro benzene ring substituents is 1. The van der Waals surface area contributed by atoms with Crippen molar-refractivity contribution in [3.05, 3.63) is 151 Å². The number of H-pyrrole nitrogens is 3. The number of aromatic nitrogens is 3. The SMILES string of the molecule is CN(C)C1CC=C(c2c[nH]c3ccc([N+](=O)[O-])cc23)CC1.CN(C)C1CCC(c2c[nH]c3ccc(N)cc23)CC1.CN(C)C1CCC(c2c[nH]c3ccc(N=C(N)c4cccs4)cc23)CC1.CSC(=N)c1cccs1. The second-order valence-electron chi connectivity index (χ2n) is 20.8. The number of thiophene rings is 2. The van der Waals surface area contributed by atoms with Crippen LogP contribution in [0.5, 0.6) is 0 Å². The van der Waals surface area contributed by atoms with E-state index >= 15 is 0 Å². The Morgan fingerprint density at radius 1 is 0.680 bits per heavy atom. The van der Waals surface area contributed by atoms with Gasteiger partial charge in [0, 0.05) is 92.8 Å². The van der Waals surface area contributed by atoms with Gasteiger partial charge in [-0.1, -0.05) is 18.2 Å². The molecule has 1 atom stereocenters. The highest BCUT2D eigenvalue weighted by atomic mass is 32.2. The fraction of sp³-hybridized carbons (Fsp3) is 0.390. The molecule has 2 fully saturated rings. The van der Waals surface area contributed by atoms with Crippen molar-refractivity contribution in [2.24, 2.45) is 10.7 Å². The number of nitrogens with one attached hydrogen (secondary N) is 4. The molecule has 2 saturated carbocycles. The van der Waals surface area contributed by atoms with Crippen molar-refractivity contribution in [3.8, 4) is 0 Å². The third-order valence-electron chi connectivity index (χ3n) is 15.5. The van der Waals surface area contributed by atoms with E-state index in [1.807, 2.05) is 59.6 Å². The molecule has 13 nitrogen and oxygen atoms in total. The number of hydrogen-bond acceptors (Lipinski definition) is 11. The number of anilines is 1. The minimum atomic E-state index is -0.340. The van der Waals surface area contributed by atoms with Crippen molar-refractivity contribution in [3.63, 3.8) is 0 Å². The minimum Gasteiger partial charge on any atom is -0.399 e. The standard InChI is InChI=1S/C21H26N4S.C16H19N3O2.C16H23N3.C6H7NS2/c1-25(2)16-8-5-14(6-9-16)18-13-23-19-10-7-15(12-17(18)19)24-21(22)20-4-3-11-26-20;1-18(2)12-5-3-11(4-6-12)15-10-17-16-8-7-13(19(20)21)9-14(15)16;1-19(2)13-6-3-11(4-7-13)15-10-18-16-8-5-12(17)9-14(15)16;1-8-6(7)5-3-2-4-9-5/h3-4,7,10-14,16,23H,5-6,8-9H2,1-2H3,(H2,22,24);3,7-10,12,17H,4-6H2,1-2H3;5,8-11,13,18H,3-4,6-7,17H2,1-2H3;2-4,7H,1H3. The van der Waals surface area contributed by atoms with Crippen LogP contribution >= 0.6 is 34.4 Å². The first-order chi connectivity index (χ1) is 36.2. The number of nitro benzene ring substituents is 1. The van der Waals surface area contributed by atoms with Crippen LogP contribution in [0.25, 0.3) is 38.3 Å². The van der Waals surface area contributed by atoms with Crippen molar-refractivity contribution in [1.29, 1.82) is 5.41 Å². The zero-order valence-corrected chi connectivity index (χ0v) is 47.0. The number of nitro groups is 1. The molecule has 1 unspecified atom stereocenters. The normalized spacial score (nSPS) is 20.1. The summed E-state index contributed by atoms with van der Waals surface area (Å²) in [6, 6.07) is 27.5. The summed E-state index contributed by atoms with van der Waals surface area (Å²) in [4.78, 5) is 34.3. The Morgan fingerprint density at radius 2 is 1.21 bits per heavy atom. The van der Waals surface area contributed by atoms with Gasteiger partial charge in [-0.3, -0.25) is 15.5 Å². The zero-order chi connectivity index (χ0) is 53.2. The zero-order valence-electron chi connectivity index (χ0n) is 44.6. The number of hydrogen-bond donors (Lipinski definition) is 6. The number of nitrogen functional groups attached to an aromatic ring is 1. The third-order valence-corrected chi connectivity index (χ3v) is 18.0. The lowest BCUT2D eigenvalue weighted by atomic mass is 9.81. The number of nitrogens with zero attached hydrogens (tertiary/aromatic N) is 5. The number of aliphatic imine (C=N–C) groups is 1. The summed E-state index contributed by atoms with van der Waals surface area (Å²) in [6.45, 7) is 0. The van der Waals surface area contributed by atoms with Gasteiger partial charge >= 0.3 is 0 Å². The number of rotatable bonds is 10. The molecule has 8 aromatic rings. The van der Waals surface area contributed by atoms with E-state index in [0.717, 1.165) is 68.9 Å². The van der Waals surface area contributed by atoms with Crippen LogP contribution in [-0.4, -0.2) is 112 Å². The molecule has 3 aliphatic carbocycles. The predicted molar refractivity (Wildman–Crippen MR) is 322 cm³/mol. The summed E-state index contributed by atoms with van der Waals surface area (Å²) in [6.07, 6.45) is 23.9. The largest absolute Gasteiger partial charge is 0.399 e. The van der Waals surface area contributed by atoms with Crippen LogP contribution < -0.4 is 11.5 Å². The highest BCUT2D eigenvalue weighted by Gasteiger charge is 2.27. The number of aromatic amines is 3. The second kappa shape index (κ2) is 25.7. The number of benzene rings is 3. The van der Waals surface area contributed by atoms with Gasteiger partial charge in [-0.2, -0.15) is 0 Å². The van der Waals surface area contributed by atoms with Crippen LogP contribution in [0.15, 0.2) is 119 Å². The van der Waals surface area contributed by atoms with E-state index in [2.05, 4.69) is 120 Å². The lowest BCUT2D eigenvalue weighted by Crippen LogP contribution is -2.31. The van der Waals surface area contributed by atoms with Crippen molar-refractivity contribution in [1.82, 2.24) is 29.7 Å². The van der Waals surface area contributed by atoms with Crippen LogP contribution in [0, 0.1) is 15.5 Å². The average molecular weight is 1070 g/mol. The Balaban J connectivity index is 0.000000139. The summed E-state index contributed by atoms with van der Waals surface area (Å²) in [5, 5.41) is 26.5. The van der Waals surface area contributed by atoms with Gasteiger partial charge in [0.2, 0.25) is 0 Å². The van der Waals surface area contributed by atoms with Gasteiger partial charge in [-0.25, -0.2) is 4.99 Å². The van der Waals surface area contributed by atoms with E-state index in [4.69, 9.17) is 16.9 Å². The number of amidine groups is 1. The summed E-state index contributed by atoms with van der Waals surface area (Å²) in [5.74, 6) is 1.91. The van der Waals surface area contributed by atoms with Gasteiger partial charge in [0.25, 0.3) is 5.69 Å². The molecule has 8 N–H and O–H groups in total. The molecule has 3 aromatic carbocycles. The Hall–Kier alpha value is -6.01.